The van der Waals surface area contributed by atoms with Gasteiger partial charge in [-0.3, -0.25) is 14.5 Å². The zero-order valence-electron chi connectivity index (χ0n) is 15.7. The monoisotopic (exact) mass is 347 g/mol. The smallest absolute Gasteiger partial charge is 0.236 e. The van der Waals surface area contributed by atoms with E-state index in [1.54, 1.807) is 31.0 Å². The van der Waals surface area contributed by atoms with Crippen LogP contribution in [-0.4, -0.2) is 74.4 Å². The molecule has 25 heavy (non-hydrogen) atoms. The molecular formula is C19H29N3O3. The van der Waals surface area contributed by atoms with Crippen molar-refractivity contribution in [2.45, 2.75) is 19.4 Å². The average molecular weight is 347 g/mol. The van der Waals surface area contributed by atoms with Gasteiger partial charge in [-0.2, -0.15) is 0 Å². The molecule has 1 aliphatic rings. The SMILES string of the molecule is COc1ccc(CN(C)C(=O)CN2CCCC(C(=O)N(C)C)C2)cc1. The molecule has 0 radical (unpaired) electrons. The van der Waals surface area contributed by atoms with Crippen LogP contribution in [-0.2, 0) is 16.1 Å². The molecule has 0 N–H and O–H groups in total. The van der Waals surface area contributed by atoms with Gasteiger partial charge in [0.2, 0.25) is 11.8 Å². The highest BCUT2D eigenvalue weighted by Gasteiger charge is 2.28. The van der Waals surface area contributed by atoms with Gasteiger partial charge in [-0.1, -0.05) is 12.1 Å². The van der Waals surface area contributed by atoms with E-state index in [9.17, 15) is 9.59 Å². The average Bonchev–Trinajstić information content (AvgIpc) is 2.61. The summed E-state index contributed by atoms with van der Waals surface area (Å²) in [6.07, 6.45) is 1.86. The molecule has 1 aromatic carbocycles. The highest BCUT2D eigenvalue weighted by Crippen LogP contribution is 2.18. The summed E-state index contributed by atoms with van der Waals surface area (Å²) in [4.78, 5) is 30.1. The Morgan fingerprint density at radius 2 is 1.88 bits per heavy atom. The van der Waals surface area contributed by atoms with Crippen molar-refractivity contribution in [1.82, 2.24) is 14.7 Å². The summed E-state index contributed by atoms with van der Waals surface area (Å²) in [5.74, 6) is 1.04. The van der Waals surface area contributed by atoms with E-state index >= 15 is 0 Å². The van der Waals surface area contributed by atoms with E-state index in [4.69, 9.17) is 4.74 Å². The third kappa shape index (κ3) is 5.46. The largest absolute Gasteiger partial charge is 0.497 e. The summed E-state index contributed by atoms with van der Waals surface area (Å²) < 4.78 is 5.15. The molecular weight excluding hydrogens is 318 g/mol. The highest BCUT2D eigenvalue weighted by molar-refractivity contribution is 5.79. The molecule has 0 aromatic heterocycles. The third-order valence-corrected chi connectivity index (χ3v) is 4.66. The first kappa shape index (κ1) is 19.2. The molecule has 138 valence electrons. The van der Waals surface area contributed by atoms with Crippen molar-refractivity contribution in [2.75, 3.05) is 47.9 Å². The van der Waals surface area contributed by atoms with Crippen molar-refractivity contribution < 1.29 is 14.3 Å². The number of piperidine rings is 1. The van der Waals surface area contributed by atoms with Gasteiger partial charge in [0.1, 0.15) is 5.75 Å². The third-order valence-electron chi connectivity index (χ3n) is 4.66. The number of nitrogens with zero attached hydrogens (tertiary/aromatic N) is 3. The maximum atomic E-state index is 12.5. The first-order valence-corrected chi connectivity index (χ1v) is 8.71. The Kier molecular flexibility index (Phi) is 6.82. The van der Waals surface area contributed by atoms with Crippen LogP contribution in [0.5, 0.6) is 5.75 Å². The van der Waals surface area contributed by atoms with E-state index in [1.807, 2.05) is 31.3 Å². The standard InChI is InChI=1S/C19H29N3O3/c1-20(2)19(24)16-6-5-11-22(13-16)14-18(23)21(3)12-15-7-9-17(25-4)10-8-15/h7-10,16H,5-6,11-14H2,1-4H3. The van der Waals surface area contributed by atoms with E-state index in [0.717, 1.165) is 30.7 Å². The van der Waals surface area contributed by atoms with Crippen molar-refractivity contribution in [3.8, 4) is 5.75 Å². The van der Waals surface area contributed by atoms with Gasteiger partial charge in [-0.25, -0.2) is 0 Å². The molecule has 0 spiro atoms. The van der Waals surface area contributed by atoms with Crippen molar-refractivity contribution in [2.24, 2.45) is 5.92 Å². The number of methoxy groups -OCH3 is 1. The minimum absolute atomic E-state index is 0.00319. The predicted molar refractivity (Wildman–Crippen MR) is 97.3 cm³/mol. The Morgan fingerprint density at radius 1 is 1.20 bits per heavy atom. The summed E-state index contributed by atoms with van der Waals surface area (Å²) >= 11 is 0. The van der Waals surface area contributed by atoms with Gasteiger partial charge in [0.25, 0.3) is 0 Å². The summed E-state index contributed by atoms with van der Waals surface area (Å²) in [5, 5.41) is 0. The van der Waals surface area contributed by atoms with Gasteiger partial charge < -0.3 is 14.5 Å². The van der Waals surface area contributed by atoms with Crippen molar-refractivity contribution >= 4 is 11.8 Å². The highest BCUT2D eigenvalue weighted by atomic mass is 16.5. The topological polar surface area (TPSA) is 53.1 Å². The van der Waals surface area contributed by atoms with Crippen LogP contribution in [0.2, 0.25) is 0 Å². The lowest BCUT2D eigenvalue weighted by molar-refractivity contribution is -0.137. The van der Waals surface area contributed by atoms with E-state index in [-0.39, 0.29) is 17.7 Å². The fourth-order valence-corrected chi connectivity index (χ4v) is 3.17. The van der Waals surface area contributed by atoms with E-state index in [2.05, 4.69) is 4.90 Å². The minimum atomic E-state index is 0.00319. The van der Waals surface area contributed by atoms with Crippen molar-refractivity contribution in [3.63, 3.8) is 0 Å². The maximum absolute atomic E-state index is 12.5. The van der Waals surface area contributed by atoms with Crippen LogP contribution >= 0.6 is 0 Å². The molecule has 1 heterocycles. The van der Waals surface area contributed by atoms with Gasteiger partial charge in [-0.15, -0.1) is 0 Å². The van der Waals surface area contributed by atoms with E-state index in [0.29, 0.717) is 19.6 Å². The molecule has 1 aromatic rings. The van der Waals surface area contributed by atoms with Crippen LogP contribution in [0.4, 0.5) is 0 Å². The molecule has 1 atom stereocenters. The molecule has 1 aliphatic heterocycles. The zero-order valence-corrected chi connectivity index (χ0v) is 15.7. The predicted octanol–water partition coefficient (Wildman–Crippen LogP) is 1.45. The summed E-state index contributed by atoms with van der Waals surface area (Å²) in [6.45, 7) is 2.47. The number of carbonyl (C=O) groups excluding carboxylic acids is 2. The molecule has 0 aliphatic carbocycles. The fraction of sp³-hybridized carbons (Fsp3) is 0.579. The van der Waals surface area contributed by atoms with Gasteiger partial charge >= 0.3 is 0 Å². The Morgan fingerprint density at radius 3 is 2.48 bits per heavy atom. The maximum Gasteiger partial charge on any atom is 0.236 e. The lowest BCUT2D eigenvalue weighted by atomic mass is 9.97. The second-order valence-corrected chi connectivity index (χ2v) is 6.90. The Balaban J connectivity index is 1.86. The molecule has 2 amide bonds. The van der Waals surface area contributed by atoms with Gasteiger partial charge in [-0.05, 0) is 37.1 Å². The lowest BCUT2D eigenvalue weighted by Gasteiger charge is -2.33. The minimum Gasteiger partial charge on any atom is -0.497 e. The number of benzene rings is 1. The number of likely N-dealkylation sites (N-methyl/N-ethyl adjacent to an activating group) is 1. The molecule has 1 unspecified atom stereocenters. The lowest BCUT2D eigenvalue weighted by Crippen LogP contribution is -2.46. The van der Waals surface area contributed by atoms with Gasteiger partial charge in [0.15, 0.2) is 0 Å². The number of amides is 2. The molecule has 6 nitrogen and oxygen atoms in total. The van der Waals surface area contributed by atoms with Crippen LogP contribution in [0.3, 0.4) is 0 Å². The van der Waals surface area contributed by atoms with Crippen LogP contribution in [0.25, 0.3) is 0 Å². The Labute approximate surface area is 150 Å². The van der Waals surface area contributed by atoms with Crippen molar-refractivity contribution in [1.29, 1.82) is 0 Å². The number of carbonyl (C=O) groups is 2. The number of hydrogen-bond acceptors (Lipinski definition) is 4. The molecule has 0 bridgehead atoms. The summed E-state index contributed by atoms with van der Waals surface area (Å²) in [7, 11) is 7.03. The fourth-order valence-electron chi connectivity index (χ4n) is 3.17. The first-order valence-electron chi connectivity index (χ1n) is 8.71. The number of likely N-dealkylation sites (tertiary alicyclic amines) is 1. The number of ether oxygens (including phenoxy) is 1. The van der Waals surface area contributed by atoms with Crippen LogP contribution in [0.1, 0.15) is 18.4 Å². The van der Waals surface area contributed by atoms with Crippen molar-refractivity contribution in [3.05, 3.63) is 29.8 Å². The van der Waals surface area contributed by atoms with E-state index < -0.39 is 0 Å². The molecule has 1 fully saturated rings. The van der Waals surface area contributed by atoms with Crippen LogP contribution in [0.15, 0.2) is 24.3 Å². The quantitative estimate of drug-likeness (QED) is 0.782. The molecule has 2 rings (SSSR count). The van der Waals surface area contributed by atoms with Gasteiger partial charge in [0, 0.05) is 34.2 Å². The molecule has 0 saturated carbocycles. The Hall–Kier alpha value is -2.08. The second-order valence-electron chi connectivity index (χ2n) is 6.90. The Bertz CT molecular complexity index is 586. The second kappa shape index (κ2) is 8.85. The van der Waals surface area contributed by atoms with Gasteiger partial charge in [0.05, 0.1) is 19.6 Å². The molecule has 1 saturated heterocycles. The van der Waals surface area contributed by atoms with Crippen LogP contribution in [0, 0.1) is 5.92 Å². The zero-order chi connectivity index (χ0) is 18.4. The first-order chi connectivity index (χ1) is 11.9. The summed E-state index contributed by atoms with van der Waals surface area (Å²) in [6, 6.07) is 7.73. The van der Waals surface area contributed by atoms with E-state index in [1.165, 1.54) is 0 Å². The normalized spacial score (nSPS) is 17.8. The number of rotatable bonds is 6. The van der Waals surface area contributed by atoms with Crippen LogP contribution < -0.4 is 4.74 Å². The molecule has 6 heteroatoms. The summed E-state index contributed by atoms with van der Waals surface area (Å²) in [5.41, 5.74) is 1.07. The number of hydrogen-bond donors (Lipinski definition) is 0.